The van der Waals surface area contributed by atoms with E-state index in [0.29, 0.717) is 5.92 Å². The lowest BCUT2D eigenvalue weighted by molar-refractivity contribution is 0.0899. The molecule has 18 heavy (non-hydrogen) atoms. The summed E-state index contributed by atoms with van der Waals surface area (Å²) in [5.41, 5.74) is 0.972. The minimum atomic E-state index is -0.398. The van der Waals surface area contributed by atoms with E-state index < -0.39 is 6.10 Å². The van der Waals surface area contributed by atoms with Crippen molar-refractivity contribution in [2.45, 2.75) is 18.9 Å². The number of hydrogen-bond donors (Lipinski definition) is 2. The van der Waals surface area contributed by atoms with Crippen molar-refractivity contribution in [3.63, 3.8) is 0 Å². The molecule has 3 rings (SSSR count). The van der Waals surface area contributed by atoms with Crippen molar-refractivity contribution in [2.75, 3.05) is 13.1 Å². The van der Waals surface area contributed by atoms with Crippen LogP contribution in [0.4, 0.5) is 0 Å². The van der Waals surface area contributed by atoms with E-state index in [2.05, 4.69) is 16.4 Å². The summed E-state index contributed by atoms with van der Waals surface area (Å²) in [5.74, 6) is 0.346. The van der Waals surface area contributed by atoms with Gasteiger partial charge in [0.25, 0.3) is 0 Å². The van der Waals surface area contributed by atoms with Crippen LogP contribution in [0.1, 0.15) is 24.5 Å². The molecule has 1 aliphatic heterocycles. The molecule has 2 heterocycles. The van der Waals surface area contributed by atoms with Gasteiger partial charge in [-0.25, -0.2) is 0 Å². The number of aromatic nitrogens is 1. The summed E-state index contributed by atoms with van der Waals surface area (Å²) < 4.78 is 0. The highest BCUT2D eigenvalue weighted by Crippen LogP contribution is 2.32. The third-order valence-corrected chi connectivity index (χ3v) is 3.85. The highest BCUT2D eigenvalue weighted by molar-refractivity contribution is 5.84. The second kappa shape index (κ2) is 5.04. The van der Waals surface area contributed by atoms with Gasteiger partial charge in [-0.1, -0.05) is 24.3 Å². The SMILES string of the molecule is OC(c1cncc2ccccc12)C1CCNCC1. The van der Waals surface area contributed by atoms with Crippen LogP contribution in [-0.4, -0.2) is 23.2 Å². The van der Waals surface area contributed by atoms with E-state index in [1.165, 1.54) is 0 Å². The van der Waals surface area contributed by atoms with Gasteiger partial charge < -0.3 is 10.4 Å². The van der Waals surface area contributed by atoms with Crippen LogP contribution < -0.4 is 5.32 Å². The molecular weight excluding hydrogens is 224 g/mol. The molecule has 0 bridgehead atoms. The first-order valence-electron chi connectivity index (χ1n) is 6.57. The maximum absolute atomic E-state index is 10.6. The van der Waals surface area contributed by atoms with Gasteiger partial charge in [0.1, 0.15) is 0 Å². The van der Waals surface area contributed by atoms with E-state index >= 15 is 0 Å². The van der Waals surface area contributed by atoms with Crippen LogP contribution in [0.5, 0.6) is 0 Å². The van der Waals surface area contributed by atoms with Crippen LogP contribution in [0.15, 0.2) is 36.7 Å². The van der Waals surface area contributed by atoms with Crippen molar-refractivity contribution < 1.29 is 5.11 Å². The second-order valence-corrected chi connectivity index (χ2v) is 4.98. The van der Waals surface area contributed by atoms with Crippen molar-refractivity contribution in [1.29, 1.82) is 0 Å². The molecule has 1 unspecified atom stereocenters. The maximum Gasteiger partial charge on any atom is 0.0840 e. The van der Waals surface area contributed by atoms with Crippen LogP contribution in [0.3, 0.4) is 0 Å². The molecule has 1 aliphatic rings. The lowest BCUT2D eigenvalue weighted by Crippen LogP contribution is -2.30. The quantitative estimate of drug-likeness (QED) is 0.849. The van der Waals surface area contributed by atoms with Crippen LogP contribution in [0, 0.1) is 5.92 Å². The predicted molar refractivity (Wildman–Crippen MR) is 72.3 cm³/mol. The Bertz CT molecular complexity index is 530. The van der Waals surface area contributed by atoms with Gasteiger partial charge >= 0.3 is 0 Å². The molecule has 3 heteroatoms. The number of fused-ring (bicyclic) bond motifs is 1. The first-order chi connectivity index (χ1) is 8.86. The smallest absolute Gasteiger partial charge is 0.0840 e. The predicted octanol–water partition coefficient (Wildman–Crippen LogP) is 2.27. The van der Waals surface area contributed by atoms with Gasteiger partial charge in [0, 0.05) is 23.3 Å². The molecule has 2 N–H and O–H groups in total. The summed E-state index contributed by atoms with van der Waals surface area (Å²) in [6.45, 7) is 2.00. The summed E-state index contributed by atoms with van der Waals surface area (Å²) in [5, 5.41) is 16.1. The van der Waals surface area contributed by atoms with Crippen molar-refractivity contribution in [3.05, 3.63) is 42.2 Å². The minimum absolute atomic E-state index is 0.346. The number of benzene rings is 1. The topological polar surface area (TPSA) is 45.2 Å². The fraction of sp³-hybridized carbons (Fsp3) is 0.400. The van der Waals surface area contributed by atoms with Crippen LogP contribution >= 0.6 is 0 Å². The number of hydrogen-bond acceptors (Lipinski definition) is 3. The van der Waals surface area contributed by atoms with E-state index in [4.69, 9.17) is 0 Å². The Labute approximate surface area is 107 Å². The molecule has 1 aromatic carbocycles. The minimum Gasteiger partial charge on any atom is -0.388 e. The fourth-order valence-electron chi connectivity index (χ4n) is 2.79. The van der Waals surface area contributed by atoms with E-state index in [1.807, 2.05) is 30.6 Å². The first-order valence-corrected chi connectivity index (χ1v) is 6.57. The fourth-order valence-corrected chi connectivity index (χ4v) is 2.79. The Kier molecular flexibility index (Phi) is 3.26. The zero-order chi connectivity index (χ0) is 12.4. The van der Waals surface area contributed by atoms with Gasteiger partial charge in [-0.3, -0.25) is 4.98 Å². The average Bonchev–Trinajstić information content (AvgIpc) is 2.47. The van der Waals surface area contributed by atoms with Gasteiger partial charge in [0.2, 0.25) is 0 Å². The van der Waals surface area contributed by atoms with Crippen LogP contribution in [0.25, 0.3) is 10.8 Å². The zero-order valence-electron chi connectivity index (χ0n) is 10.3. The summed E-state index contributed by atoms with van der Waals surface area (Å²) in [7, 11) is 0. The number of piperidine rings is 1. The molecule has 94 valence electrons. The molecule has 0 radical (unpaired) electrons. The highest BCUT2D eigenvalue weighted by atomic mass is 16.3. The van der Waals surface area contributed by atoms with Crippen molar-refractivity contribution in [2.24, 2.45) is 5.92 Å². The lowest BCUT2D eigenvalue weighted by Gasteiger charge is -2.27. The standard InChI is InChI=1S/C15H18N2O/c18-15(11-5-7-16-8-6-11)14-10-17-9-12-3-1-2-4-13(12)14/h1-4,9-11,15-16,18H,5-8H2. The summed E-state index contributed by atoms with van der Waals surface area (Å²) >= 11 is 0. The van der Waals surface area contributed by atoms with E-state index in [1.54, 1.807) is 0 Å². The number of aliphatic hydroxyl groups is 1. The lowest BCUT2D eigenvalue weighted by atomic mass is 9.87. The molecule has 0 amide bonds. The molecule has 0 saturated carbocycles. The van der Waals surface area contributed by atoms with Crippen molar-refractivity contribution in [3.8, 4) is 0 Å². The molecule has 3 nitrogen and oxygen atoms in total. The summed E-state index contributed by atoms with van der Waals surface area (Å²) in [4.78, 5) is 4.25. The van der Waals surface area contributed by atoms with Crippen molar-refractivity contribution >= 4 is 10.8 Å². The number of nitrogens with one attached hydrogen (secondary N) is 1. The molecule has 1 saturated heterocycles. The van der Waals surface area contributed by atoms with E-state index in [0.717, 1.165) is 42.3 Å². The maximum atomic E-state index is 10.6. The number of rotatable bonds is 2. The van der Waals surface area contributed by atoms with Gasteiger partial charge in [-0.2, -0.15) is 0 Å². The van der Waals surface area contributed by atoms with Gasteiger partial charge in [-0.15, -0.1) is 0 Å². The Morgan fingerprint density at radius 3 is 2.78 bits per heavy atom. The highest BCUT2D eigenvalue weighted by Gasteiger charge is 2.24. The molecule has 1 fully saturated rings. The summed E-state index contributed by atoms with van der Waals surface area (Å²) in [6, 6.07) is 8.13. The first kappa shape index (κ1) is 11.6. The molecular formula is C15H18N2O. The molecule has 0 spiro atoms. The van der Waals surface area contributed by atoms with Gasteiger partial charge in [-0.05, 0) is 37.2 Å². The molecule has 1 aromatic heterocycles. The normalized spacial score (nSPS) is 18.9. The molecule has 1 atom stereocenters. The molecule has 2 aromatic rings. The largest absolute Gasteiger partial charge is 0.388 e. The van der Waals surface area contributed by atoms with E-state index in [-0.39, 0.29) is 0 Å². The van der Waals surface area contributed by atoms with Gasteiger partial charge in [0.15, 0.2) is 0 Å². The summed E-state index contributed by atoms with van der Waals surface area (Å²) in [6.07, 6.45) is 5.34. The van der Waals surface area contributed by atoms with Crippen LogP contribution in [0.2, 0.25) is 0 Å². The van der Waals surface area contributed by atoms with Gasteiger partial charge in [0.05, 0.1) is 6.10 Å². The molecule has 0 aliphatic carbocycles. The average molecular weight is 242 g/mol. The monoisotopic (exact) mass is 242 g/mol. The second-order valence-electron chi connectivity index (χ2n) is 4.98. The number of aliphatic hydroxyl groups excluding tert-OH is 1. The third-order valence-electron chi connectivity index (χ3n) is 3.85. The third kappa shape index (κ3) is 2.11. The Morgan fingerprint density at radius 2 is 1.94 bits per heavy atom. The Hall–Kier alpha value is -1.45. The number of nitrogens with zero attached hydrogens (tertiary/aromatic N) is 1. The van der Waals surface area contributed by atoms with Crippen molar-refractivity contribution in [1.82, 2.24) is 10.3 Å². The Balaban J connectivity index is 1.97. The zero-order valence-corrected chi connectivity index (χ0v) is 10.3. The van der Waals surface area contributed by atoms with Crippen LogP contribution in [-0.2, 0) is 0 Å². The Morgan fingerprint density at radius 1 is 1.17 bits per heavy atom. The van der Waals surface area contributed by atoms with E-state index in [9.17, 15) is 5.11 Å². The number of pyridine rings is 1.